The molecule has 0 aromatic carbocycles. The van der Waals surface area contributed by atoms with Crippen molar-refractivity contribution in [3.8, 4) is 0 Å². The molecular formula is C8H11N3OS. The van der Waals surface area contributed by atoms with E-state index in [4.69, 9.17) is 0 Å². The van der Waals surface area contributed by atoms with Crippen LogP contribution < -0.4 is 10.6 Å². The van der Waals surface area contributed by atoms with Gasteiger partial charge in [0.05, 0.1) is 5.51 Å². The number of carbonyl (C=O) groups excluding carboxylic acids is 1. The van der Waals surface area contributed by atoms with E-state index in [1.54, 1.807) is 10.9 Å². The summed E-state index contributed by atoms with van der Waals surface area (Å²) in [6.45, 7) is 1.86. The summed E-state index contributed by atoms with van der Waals surface area (Å²) in [6.07, 6.45) is 1.01. The molecule has 1 saturated heterocycles. The van der Waals surface area contributed by atoms with E-state index in [2.05, 4.69) is 15.6 Å². The third-order valence-electron chi connectivity index (χ3n) is 2.06. The largest absolute Gasteiger partial charge is 0.347 e. The van der Waals surface area contributed by atoms with E-state index in [0.717, 1.165) is 19.5 Å². The smallest absolute Gasteiger partial charge is 0.271 e. The Morgan fingerprint density at radius 2 is 2.69 bits per heavy atom. The van der Waals surface area contributed by atoms with Crippen molar-refractivity contribution in [2.45, 2.75) is 12.5 Å². The minimum absolute atomic E-state index is 0.0602. The number of hydrogen-bond donors (Lipinski definition) is 2. The molecule has 1 aliphatic rings. The normalized spacial score (nSPS) is 21.7. The predicted octanol–water partition coefficient (Wildman–Crippen LogP) is 0.235. The molecule has 0 bridgehead atoms. The van der Waals surface area contributed by atoms with Gasteiger partial charge in [-0.3, -0.25) is 4.79 Å². The molecular weight excluding hydrogens is 186 g/mol. The zero-order valence-electron chi connectivity index (χ0n) is 7.12. The Kier molecular flexibility index (Phi) is 2.56. The number of amides is 1. The van der Waals surface area contributed by atoms with Crippen molar-refractivity contribution in [3.05, 3.63) is 16.6 Å². The monoisotopic (exact) mass is 197 g/mol. The van der Waals surface area contributed by atoms with Gasteiger partial charge in [0.25, 0.3) is 5.91 Å². The van der Waals surface area contributed by atoms with Gasteiger partial charge in [-0.15, -0.1) is 11.3 Å². The average molecular weight is 197 g/mol. The standard InChI is InChI=1S/C8H11N3OS/c12-8(7-4-13-5-10-7)11-6-1-2-9-3-6/h4-6,9H,1-3H2,(H,11,12)/t6-/m1/s1. The molecule has 1 atom stereocenters. The van der Waals surface area contributed by atoms with E-state index >= 15 is 0 Å². The summed E-state index contributed by atoms with van der Waals surface area (Å²) in [5.74, 6) is -0.0602. The van der Waals surface area contributed by atoms with Gasteiger partial charge in [-0.2, -0.15) is 0 Å². The lowest BCUT2D eigenvalue weighted by molar-refractivity contribution is 0.0936. The van der Waals surface area contributed by atoms with Gasteiger partial charge in [-0.25, -0.2) is 4.98 Å². The molecule has 0 aliphatic carbocycles. The maximum absolute atomic E-state index is 11.5. The molecule has 1 aliphatic heterocycles. The minimum Gasteiger partial charge on any atom is -0.347 e. The second kappa shape index (κ2) is 3.85. The maximum Gasteiger partial charge on any atom is 0.271 e. The van der Waals surface area contributed by atoms with E-state index in [0.29, 0.717) is 5.69 Å². The van der Waals surface area contributed by atoms with Crippen molar-refractivity contribution < 1.29 is 4.79 Å². The van der Waals surface area contributed by atoms with Crippen molar-refractivity contribution in [1.82, 2.24) is 15.6 Å². The first-order valence-corrected chi connectivity index (χ1v) is 5.20. The van der Waals surface area contributed by atoms with Crippen molar-refractivity contribution in [2.24, 2.45) is 0 Å². The molecule has 1 fully saturated rings. The number of nitrogens with zero attached hydrogens (tertiary/aromatic N) is 1. The van der Waals surface area contributed by atoms with E-state index in [9.17, 15) is 4.79 Å². The van der Waals surface area contributed by atoms with Gasteiger partial charge >= 0.3 is 0 Å². The van der Waals surface area contributed by atoms with Gasteiger partial charge in [0.1, 0.15) is 5.69 Å². The van der Waals surface area contributed by atoms with Crippen LogP contribution in [-0.4, -0.2) is 30.0 Å². The molecule has 2 N–H and O–H groups in total. The van der Waals surface area contributed by atoms with E-state index in [-0.39, 0.29) is 11.9 Å². The quantitative estimate of drug-likeness (QED) is 0.714. The maximum atomic E-state index is 11.5. The fourth-order valence-corrected chi connectivity index (χ4v) is 1.89. The van der Waals surface area contributed by atoms with Gasteiger partial charge in [-0.05, 0) is 13.0 Å². The van der Waals surface area contributed by atoms with Crippen LogP contribution in [0.2, 0.25) is 0 Å². The summed E-state index contributed by atoms with van der Waals surface area (Å²) in [5, 5.41) is 7.88. The van der Waals surface area contributed by atoms with E-state index in [1.165, 1.54) is 11.3 Å². The highest BCUT2D eigenvalue weighted by Crippen LogP contribution is 2.03. The number of thiazole rings is 1. The van der Waals surface area contributed by atoms with E-state index < -0.39 is 0 Å². The van der Waals surface area contributed by atoms with Crippen LogP contribution in [0.5, 0.6) is 0 Å². The highest BCUT2D eigenvalue weighted by molar-refractivity contribution is 7.07. The summed E-state index contributed by atoms with van der Waals surface area (Å²) < 4.78 is 0. The Morgan fingerprint density at radius 1 is 1.77 bits per heavy atom. The molecule has 2 heterocycles. The van der Waals surface area contributed by atoms with Gasteiger partial charge in [-0.1, -0.05) is 0 Å². The average Bonchev–Trinajstić information content (AvgIpc) is 2.74. The summed E-state index contributed by atoms with van der Waals surface area (Å²) in [7, 11) is 0. The molecule has 1 amide bonds. The lowest BCUT2D eigenvalue weighted by Gasteiger charge is -2.08. The van der Waals surface area contributed by atoms with Gasteiger partial charge in [0.15, 0.2) is 0 Å². The lowest BCUT2D eigenvalue weighted by atomic mass is 10.2. The zero-order valence-corrected chi connectivity index (χ0v) is 7.93. The van der Waals surface area contributed by atoms with Crippen molar-refractivity contribution >= 4 is 17.2 Å². The first kappa shape index (κ1) is 8.65. The van der Waals surface area contributed by atoms with Crippen LogP contribution in [0, 0.1) is 0 Å². The Labute approximate surface area is 80.4 Å². The molecule has 0 radical (unpaired) electrons. The molecule has 13 heavy (non-hydrogen) atoms. The molecule has 0 spiro atoms. The van der Waals surface area contributed by atoms with E-state index in [1.807, 2.05) is 0 Å². The Hall–Kier alpha value is -0.940. The van der Waals surface area contributed by atoms with Crippen LogP contribution in [0.4, 0.5) is 0 Å². The van der Waals surface area contributed by atoms with Crippen molar-refractivity contribution in [1.29, 1.82) is 0 Å². The van der Waals surface area contributed by atoms with Crippen molar-refractivity contribution in [2.75, 3.05) is 13.1 Å². The van der Waals surface area contributed by atoms with Gasteiger partial charge in [0.2, 0.25) is 0 Å². The zero-order chi connectivity index (χ0) is 9.10. The van der Waals surface area contributed by atoms with Gasteiger partial charge < -0.3 is 10.6 Å². The summed E-state index contributed by atoms with van der Waals surface area (Å²) >= 11 is 1.44. The highest BCUT2D eigenvalue weighted by atomic mass is 32.1. The fourth-order valence-electron chi connectivity index (χ4n) is 1.36. The first-order chi connectivity index (χ1) is 6.36. The molecule has 1 aromatic heterocycles. The van der Waals surface area contributed by atoms with Crippen LogP contribution in [0.1, 0.15) is 16.9 Å². The van der Waals surface area contributed by atoms with Crippen LogP contribution >= 0.6 is 11.3 Å². The second-order valence-corrected chi connectivity index (χ2v) is 3.76. The van der Waals surface area contributed by atoms with Crippen LogP contribution in [0.3, 0.4) is 0 Å². The number of aromatic nitrogens is 1. The third-order valence-corrected chi connectivity index (χ3v) is 2.65. The summed E-state index contributed by atoms with van der Waals surface area (Å²) in [4.78, 5) is 15.4. The Morgan fingerprint density at radius 3 is 3.31 bits per heavy atom. The molecule has 70 valence electrons. The van der Waals surface area contributed by atoms with Crippen LogP contribution in [0.25, 0.3) is 0 Å². The molecule has 0 unspecified atom stereocenters. The van der Waals surface area contributed by atoms with Gasteiger partial charge in [0, 0.05) is 18.0 Å². The van der Waals surface area contributed by atoms with Crippen LogP contribution in [0.15, 0.2) is 10.9 Å². The summed E-state index contributed by atoms with van der Waals surface area (Å²) in [5.41, 5.74) is 2.19. The Bertz CT molecular complexity index is 280. The second-order valence-electron chi connectivity index (χ2n) is 3.04. The molecule has 2 rings (SSSR count). The molecule has 4 nitrogen and oxygen atoms in total. The first-order valence-electron chi connectivity index (χ1n) is 4.26. The SMILES string of the molecule is O=C(N[C@@H]1CCNC1)c1cscn1. The number of carbonyl (C=O) groups is 1. The topological polar surface area (TPSA) is 54.0 Å². The highest BCUT2D eigenvalue weighted by Gasteiger charge is 2.17. The summed E-state index contributed by atoms with van der Waals surface area (Å²) in [6, 6.07) is 0.272. The molecule has 1 aromatic rings. The molecule has 0 saturated carbocycles. The minimum atomic E-state index is -0.0602. The number of nitrogens with one attached hydrogen (secondary N) is 2. The number of hydrogen-bond acceptors (Lipinski definition) is 4. The number of rotatable bonds is 2. The predicted molar refractivity (Wildman–Crippen MR) is 50.9 cm³/mol. The van der Waals surface area contributed by atoms with Crippen LogP contribution in [-0.2, 0) is 0 Å². The third kappa shape index (κ3) is 2.05. The lowest BCUT2D eigenvalue weighted by Crippen LogP contribution is -2.36. The fraction of sp³-hybridized carbons (Fsp3) is 0.500. The molecule has 5 heteroatoms. The Balaban J connectivity index is 1.91. The van der Waals surface area contributed by atoms with Crippen molar-refractivity contribution in [3.63, 3.8) is 0 Å².